The van der Waals surface area contributed by atoms with Crippen LogP contribution in [0.25, 0.3) is 11.3 Å². The number of rotatable bonds is 4. The van der Waals surface area contributed by atoms with E-state index < -0.39 is 23.7 Å². The molecule has 4 nitrogen and oxygen atoms in total. The van der Waals surface area contributed by atoms with E-state index in [0.29, 0.717) is 0 Å². The summed E-state index contributed by atoms with van der Waals surface area (Å²) in [6.45, 7) is 0. The van der Waals surface area contributed by atoms with Gasteiger partial charge in [0.05, 0.1) is 16.6 Å². The molecule has 22 heavy (non-hydrogen) atoms. The van der Waals surface area contributed by atoms with Gasteiger partial charge in [-0.1, -0.05) is 11.6 Å². The number of halogens is 4. The number of hydrogen-bond donors (Lipinski definition) is 2. The van der Waals surface area contributed by atoms with Crippen LogP contribution in [0.4, 0.5) is 13.2 Å². The van der Waals surface area contributed by atoms with Crippen molar-refractivity contribution in [2.45, 2.75) is 18.6 Å². The quantitative estimate of drug-likeness (QED) is 0.899. The minimum atomic E-state index is -4.49. The van der Waals surface area contributed by atoms with Crippen molar-refractivity contribution in [2.24, 2.45) is 11.5 Å². The van der Waals surface area contributed by atoms with Crippen molar-refractivity contribution in [3.8, 4) is 11.3 Å². The Morgan fingerprint density at radius 3 is 2.55 bits per heavy atom. The van der Waals surface area contributed by atoms with Crippen LogP contribution in [0.2, 0.25) is 5.02 Å². The maximum absolute atomic E-state index is 12.7. The second-order valence-corrected chi connectivity index (χ2v) is 5.08. The number of carbonyl (C=O) groups is 1. The van der Waals surface area contributed by atoms with Crippen LogP contribution in [0, 0.1) is 0 Å². The Labute approximate surface area is 128 Å². The molecule has 0 aliphatic carbocycles. The van der Waals surface area contributed by atoms with Crippen LogP contribution in [0.15, 0.2) is 34.7 Å². The van der Waals surface area contributed by atoms with Gasteiger partial charge in [0.1, 0.15) is 11.5 Å². The first-order valence-electron chi connectivity index (χ1n) is 6.19. The van der Waals surface area contributed by atoms with Gasteiger partial charge in [-0.25, -0.2) is 0 Å². The fraction of sp³-hybridized carbons (Fsp3) is 0.214. The number of carbonyl (C=O) groups excluding carboxylic acids is 1. The van der Waals surface area contributed by atoms with Gasteiger partial charge in [-0.05, 0) is 30.3 Å². The minimum absolute atomic E-state index is 0.0917. The van der Waals surface area contributed by atoms with E-state index in [0.717, 1.165) is 18.2 Å². The lowest BCUT2D eigenvalue weighted by Crippen LogP contribution is -2.20. The highest BCUT2D eigenvalue weighted by Gasteiger charge is 2.31. The number of alkyl halides is 3. The molecule has 0 radical (unpaired) electrons. The molecule has 0 bridgehead atoms. The van der Waals surface area contributed by atoms with Crippen molar-refractivity contribution in [3.63, 3.8) is 0 Å². The van der Waals surface area contributed by atoms with E-state index in [1.807, 2.05) is 0 Å². The number of amides is 1. The van der Waals surface area contributed by atoms with E-state index in [-0.39, 0.29) is 28.5 Å². The summed E-state index contributed by atoms with van der Waals surface area (Å²) in [7, 11) is 0. The Morgan fingerprint density at radius 1 is 1.27 bits per heavy atom. The third kappa shape index (κ3) is 3.61. The molecule has 118 valence electrons. The summed E-state index contributed by atoms with van der Waals surface area (Å²) in [4.78, 5) is 10.8. The maximum atomic E-state index is 12.7. The normalized spacial score (nSPS) is 13.1. The summed E-state index contributed by atoms with van der Waals surface area (Å²) >= 11 is 5.92. The molecule has 0 spiro atoms. The number of hydrogen-bond acceptors (Lipinski definition) is 3. The van der Waals surface area contributed by atoms with E-state index in [1.165, 1.54) is 12.1 Å². The zero-order valence-corrected chi connectivity index (χ0v) is 11.9. The lowest BCUT2D eigenvalue weighted by molar-refractivity contribution is -0.137. The zero-order chi connectivity index (χ0) is 16.5. The van der Waals surface area contributed by atoms with E-state index >= 15 is 0 Å². The molecule has 0 aliphatic heterocycles. The molecule has 1 atom stereocenters. The van der Waals surface area contributed by atoms with E-state index in [1.54, 1.807) is 0 Å². The molecule has 1 heterocycles. The fourth-order valence-corrected chi connectivity index (χ4v) is 2.12. The highest BCUT2D eigenvalue weighted by Crippen LogP contribution is 2.37. The van der Waals surface area contributed by atoms with Crippen molar-refractivity contribution in [1.82, 2.24) is 0 Å². The lowest BCUT2D eigenvalue weighted by atomic mass is 10.1. The standard InChI is InChI=1S/C14H12ClF3N2O2/c15-9-2-1-7(14(16,17)18)5-8(9)11-3-4-12(22-11)10(19)6-13(20)21/h1-5,10H,6,19H2,(H2,20,21)/t10-/m1/s1. The second kappa shape index (κ2) is 6.02. The third-order valence-corrected chi connectivity index (χ3v) is 3.30. The summed E-state index contributed by atoms with van der Waals surface area (Å²) in [5, 5.41) is 0.109. The highest BCUT2D eigenvalue weighted by atomic mass is 35.5. The summed E-state index contributed by atoms with van der Waals surface area (Å²) in [5.74, 6) is -0.240. The summed E-state index contributed by atoms with van der Waals surface area (Å²) < 4.78 is 43.6. The van der Waals surface area contributed by atoms with Gasteiger partial charge in [0.2, 0.25) is 5.91 Å². The molecule has 1 aromatic heterocycles. The monoisotopic (exact) mass is 332 g/mol. The van der Waals surface area contributed by atoms with Gasteiger partial charge in [-0.15, -0.1) is 0 Å². The maximum Gasteiger partial charge on any atom is 0.416 e. The molecule has 1 amide bonds. The zero-order valence-electron chi connectivity index (χ0n) is 11.2. The molecule has 2 aromatic rings. The van der Waals surface area contributed by atoms with Gasteiger partial charge in [-0.2, -0.15) is 13.2 Å². The van der Waals surface area contributed by atoms with Gasteiger partial charge in [0.25, 0.3) is 0 Å². The van der Waals surface area contributed by atoms with Crippen molar-refractivity contribution < 1.29 is 22.4 Å². The molecule has 0 unspecified atom stereocenters. The van der Waals surface area contributed by atoms with Crippen LogP contribution in [0.3, 0.4) is 0 Å². The summed E-state index contributed by atoms with van der Waals surface area (Å²) in [5.41, 5.74) is 10.0. The number of furan rings is 1. The first kappa shape index (κ1) is 16.4. The van der Waals surface area contributed by atoms with Crippen LogP contribution < -0.4 is 11.5 Å². The molecule has 0 saturated carbocycles. The van der Waals surface area contributed by atoms with Crippen molar-refractivity contribution in [2.75, 3.05) is 0 Å². The average Bonchev–Trinajstić information content (AvgIpc) is 2.86. The third-order valence-electron chi connectivity index (χ3n) is 2.97. The van der Waals surface area contributed by atoms with Crippen molar-refractivity contribution in [3.05, 3.63) is 46.7 Å². The number of nitrogens with two attached hydrogens (primary N) is 2. The molecule has 8 heteroatoms. The molecule has 2 rings (SSSR count). The molecular weight excluding hydrogens is 321 g/mol. The van der Waals surface area contributed by atoms with E-state index in [9.17, 15) is 18.0 Å². The molecule has 1 aromatic carbocycles. The SMILES string of the molecule is NC(=O)C[C@@H](N)c1ccc(-c2cc(C(F)(F)F)ccc2Cl)o1. The molecule has 0 saturated heterocycles. The van der Waals surface area contributed by atoms with Crippen molar-refractivity contribution in [1.29, 1.82) is 0 Å². The summed E-state index contributed by atoms with van der Waals surface area (Å²) in [6.07, 6.45) is -4.62. The van der Waals surface area contributed by atoms with Crippen LogP contribution >= 0.6 is 11.6 Å². The number of benzene rings is 1. The summed E-state index contributed by atoms with van der Waals surface area (Å²) in [6, 6.07) is 5.07. The van der Waals surface area contributed by atoms with Crippen LogP contribution in [-0.4, -0.2) is 5.91 Å². The van der Waals surface area contributed by atoms with Gasteiger partial charge >= 0.3 is 6.18 Å². The predicted molar refractivity (Wildman–Crippen MR) is 74.9 cm³/mol. The molecular formula is C14H12ClF3N2O2. The van der Waals surface area contributed by atoms with Gasteiger partial charge in [0.15, 0.2) is 0 Å². The van der Waals surface area contributed by atoms with Gasteiger partial charge < -0.3 is 15.9 Å². The largest absolute Gasteiger partial charge is 0.459 e. The number of primary amides is 1. The van der Waals surface area contributed by atoms with Crippen LogP contribution in [0.5, 0.6) is 0 Å². The Hall–Kier alpha value is -1.99. The topological polar surface area (TPSA) is 82.2 Å². The second-order valence-electron chi connectivity index (χ2n) is 4.67. The molecule has 0 aliphatic rings. The minimum Gasteiger partial charge on any atom is -0.459 e. The fourth-order valence-electron chi connectivity index (χ4n) is 1.90. The Morgan fingerprint density at radius 2 is 1.95 bits per heavy atom. The smallest absolute Gasteiger partial charge is 0.416 e. The van der Waals surface area contributed by atoms with E-state index in [4.69, 9.17) is 27.5 Å². The Kier molecular flexibility index (Phi) is 4.48. The Bertz CT molecular complexity index is 698. The first-order chi connectivity index (χ1) is 10.2. The predicted octanol–water partition coefficient (Wildman–Crippen LogP) is 3.49. The molecule has 4 N–H and O–H groups in total. The average molecular weight is 333 g/mol. The molecule has 0 fully saturated rings. The van der Waals surface area contributed by atoms with E-state index in [2.05, 4.69) is 0 Å². The lowest BCUT2D eigenvalue weighted by Gasteiger charge is -2.09. The van der Waals surface area contributed by atoms with Crippen molar-refractivity contribution >= 4 is 17.5 Å². The van der Waals surface area contributed by atoms with Gasteiger partial charge in [0, 0.05) is 12.0 Å². The first-order valence-corrected chi connectivity index (χ1v) is 6.57. The van der Waals surface area contributed by atoms with Crippen LogP contribution in [-0.2, 0) is 11.0 Å². The van der Waals surface area contributed by atoms with Crippen LogP contribution in [0.1, 0.15) is 23.8 Å². The highest BCUT2D eigenvalue weighted by molar-refractivity contribution is 6.33. The Balaban J connectivity index is 2.37. The van der Waals surface area contributed by atoms with Gasteiger partial charge in [-0.3, -0.25) is 4.79 Å².